The molecule has 0 fully saturated rings. The molecule has 0 atom stereocenters. The van der Waals surface area contributed by atoms with Crippen LogP contribution >= 0.6 is 22.7 Å². The normalized spacial score (nSPS) is 10.4. The molecule has 8 nitrogen and oxygen atoms in total. The Morgan fingerprint density at radius 1 is 0.595 bits per heavy atom. The Balaban J connectivity index is 0.000000253. The third kappa shape index (κ3) is 8.61. The summed E-state index contributed by atoms with van der Waals surface area (Å²) < 4.78 is 0. The van der Waals surface area contributed by atoms with Gasteiger partial charge in [0.05, 0.1) is 45.5 Å². The summed E-state index contributed by atoms with van der Waals surface area (Å²) in [4.78, 5) is 53.9. The van der Waals surface area contributed by atoms with Crippen LogP contribution in [0.5, 0.6) is 0 Å². The van der Waals surface area contributed by atoms with Gasteiger partial charge in [-0.05, 0) is 35.0 Å². The molecule has 2 aromatic carbocycles. The number of thiophene rings is 2. The quantitative estimate of drug-likeness (QED) is 0.178. The SMILES string of the molecule is O=C(C=Nc1ccccc1C(=O)[O-])c1cccs1.O=C(C=Nc1ccccc1C(=O)[O-])c1cccs1.[Zn+2]. The van der Waals surface area contributed by atoms with Gasteiger partial charge in [-0.1, -0.05) is 48.5 Å². The predicted octanol–water partition coefficient (Wildman–Crippen LogP) is 3.39. The van der Waals surface area contributed by atoms with E-state index in [9.17, 15) is 29.4 Å². The van der Waals surface area contributed by atoms with Crippen molar-refractivity contribution in [1.82, 2.24) is 0 Å². The van der Waals surface area contributed by atoms with Crippen molar-refractivity contribution < 1.29 is 48.9 Å². The van der Waals surface area contributed by atoms with Crippen molar-refractivity contribution >= 4 is 70.0 Å². The van der Waals surface area contributed by atoms with Crippen LogP contribution in [0, 0.1) is 0 Å². The van der Waals surface area contributed by atoms with E-state index in [-0.39, 0.29) is 53.5 Å². The number of aromatic carboxylic acids is 2. The molecule has 0 saturated carbocycles. The first-order valence-electron chi connectivity index (χ1n) is 10.2. The maximum Gasteiger partial charge on any atom is 2.00 e. The van der Waals surface area contributed by atoms with Gasteiger partial charge in [0.2, 0.25) is 11.6 Å². The van der Waals surface area contributed by atoms with Gasteiger partial charge in [-0.25, -0.2) is 0 Å². The summed E-state index contributed by atoms with van der Waals surface area (Å²) in [6.45, 7) is 0. The van der Waals surface area contributed by atoms with E-state index in [0.29, 0.717) is 9.75 Å². The first-order valence-corrected chi connectivity index (χ1v) is 12.0. The molecule has 37 heavy (non-hydrogen) atoms. The second-order valence-corrected chi connectivity index (χ2v) is 8.70. The fraction of sp³-hybridized carbons (Fsp3) is 0. The van der Waals surface area contributed by atoms with Gasteiger partial charge < -0.3 is 19.8 Å². The molecule has 0 aliphatic carbocycles. The average Bonchev–Trinajstić information content (AvgIpc) is 3.61. The zero-order valence-corrected chi connectivity index (χ0v) is 23.7. The number of aliphatic imine (C=N–C) groups is 2. The van der Waals surface area contributed by atoms with Crippen LogP contribution < -0.4 is 10.2 Å². The number of carbonyl (C=O) groups excluding carboxylic acids is 4. The minimum absolute atomic E-state index is 0. The topological polar surface area (TPSA) is 139 Å². The van der Waals surface area contributed by atoms with E-state index in [1.165, 1.54) is 46.9 Å². The van der Waals surface area contributed by atoms with Crippen LogP contribution in [0.4, 0.5) is 11.4 Å². The summed E-state index contributed by atoms with van der Waals surface area (Å²) in [5.74, 6) is -3.13. The van der Waals surface area contributed by atoms with Crippen molar-refractivity contribution in [3.8, 4) is 0 Å². The van der Waals surface area contributed by atoms with Crippen LogP contribution in [-0.2, 0) is 19.5 Å². The Kier molecular flexibility index (Phi) is 11.6. The van der Waals surface area contributed by atoms with Crippen molar-refractivity contribution in [1.29, 1.82) is 0 Å². The molecule has 0 amide bonds. The molecule has 0 radical (unpaired) electrons. The molecule has 0 aliphatic heterocycles. The minimum Gasteiger partial charge on any atom is -0.545 e. The minimum atomic E-state index is -1.31. The fourth-order valence-electron chi connectivity index (χ4n) is 2.74. The number of hydrogen-bond acceptors (Lipinski definition) is 10. The largest absolute Gasteiger partial charge is 2.00 e. The molecule has 4 aromatic rings. The zero-order chi connectivity index (χ0) is 25.9. The van der Waals surface area contributed by atoms with Gasteiger partial charge in [0.1, 0.15) is 0 Å². The van der Waals surface area contributed by atoms with Crippen molar-refractivity contribution in [2.75, 3.05) is 0 Å². The molecule has 0 spiro atoms. The number of ketones is 2. The van der Waals surface area contributed by atoms with E-state index >= 15 is 0 Å². The molecule has 0 bridgehead atoms. The summed E-state index contributed by atoms with van der Waals surface area (Å²) in [7, 11) is 0. The molecule has 11 heteroatoms. The number of nitrogens with zero attached hydrogens (tertiary/aromatic N) is 2. The fourth-order valence-corrected chi connectivity index (χ4v) is 4.00. The van der Waals surface area contributed by atoms with Crippen molar-refractivity contribution in [3.05, 3.63) is 104 Å². The maximum absolute atomic E-state index is 11.7. The summed E-state index contributed by atoms with van der Waals surface area (Å²) in [6.07, 6.45) is 2.24. The van der Waals surface area contributed by atoms with E-state index in [2.05, 4.69) is 9.98 Å². The smallest absolute Gasteiger partial charge is 0.545 e. The number of hydrogen-bond donors (Lipinski definition) is 0. The van der Waals surface area contributed by atoms with E-state index in [1.54, 1.807) is 59.3 Å². The molecular weight excluding hydrogens is 566 g/mol. The Morgan fingerprint density at radius 2 is 0.973 bits per heavy atom. The Morgan fingerprint density at radius 3 is 1.30 bits per heavy atom. The molecule has 2 heterocycles. The van der Waals surface area contributed by atoms with E-state index in [4.69, 9.17) is 0 Å². The Hall–Kier alpha value is -3.92. The van der Waals surface area contributed by atoms with Gasteiger partial charge in [-0.3, -0.25) is 19.6 Å². The average molecular weight is 582 g/mol. The number of carboxylic acid groups (broad SMARTS) is 2. The van der Waals surface area contributed by atoms with E-state index in [0.717, 1.165) is 12.4 Å². The second kappa shape index (κ2) is 14.6. The predicted molar refractivity (Wildman–Crippen MR) is 135 cm³/mol. The van der Waals surface area contributed by atoms with Gasteiger partial charge >= 0.3 is 19.5 Å². The summed E-state index contributed by atoms with van der Waals surface area (Å²) >= 11 is 2.61. The van der Waals surface area contributed by atoms with Crippen LogP contribution in [0.25, 0.3) is 0 Å². The monoisotopic (exact) mass is 580 g/mol. The number of carboxylic acids is 2. The standard InChI is InChI=1S/2C13H9NO3S.Zn/c2*15-11(12-6-3-7-18-12)8-14-10-5-2-1-4-9(10)13(16)17;/h2*1-8H,(H,16,17);/q;;+2/p-2. The molecule has 2 aromatic heterocycles. The Labute approximate surface area is 232 Å². The Bertz CT molecular complexity index is 1320. The first kappa shape index (κ1) is 29.3. The van der Waals surface area contributed by atoms with Gasteiger partial charge in [-0.15, -0.1) is 22.7 Å². The molecular formula is C26H16N2O6S2Zn. The molecule has 4 rings (SSSR count). The third-order valence-corrected chi connectivity index (χ3v) is 6.19. The van der Waals surface area contributed by atoms with Crippen molar-refractivity contribution in [2.45, 2.75) is 0 Å². The molecule has 180 valence electrons. The van der Waals surface area contributed by atoms with Crippen molar-refractivity contribution in [2.24, 2.45) is 9.98 Å². The summed E-state index contributed by atoms with van der Waals surface area (Å²) in [6, 6.07) is 19.1. The van der Waals surface area contributed by atoms with Gasteiger partial charge in [0.25, 0.3) is 0 Å². The van der Waals surface area contributed by atoms with Crippen LogP contribution in [0.15, 0.2) is 93.5 Å². The zero-order valence-electron chi connectivity index (χ0n) is 19.1. The number of Topliss-reactive ketones (excluding diaryl/α,β-unsaturated/α-hetero) is 2. The molecule has 0 unspecified atom stereocenters. The van der Waals surface area contributed by atoms with Crippen LogP contribution in [0.1, 0.15) is 40.1 Å². The van der Waals surface area contributed by atoms with Gasteiger partial charge in [0, 0.05) is 11.1 Å². The number of benzene rings is 2. The van der Waals surface area contributed by atoms with E-state index < -0.39 is 11.9 Å². The summed E-state index contributed by atoms with van der Waals surface area (Å²) in [5.41, 5.74) is 0.352. The number of carbonyl (C=O) groups is 4. The summed E-state index contributed by atoms with van der Waals surface area (Å²) in [5, 5.41) is 25.2. The third-order valence-electron chi connectivity index (χ3n) is 4.42. The van der Waals surface area contributed by atoms with Crippen LogP contribution in [0.2, 0.25) is 0 Å². The van der Waals surface area contributed by atoms with Gasteiger partial charge in [-0.2, -0.15) is 0 Å². The van der Waals surface area contributed by atoms with Crippen LogP contribution in [-0.4, -0.2) is 35.9 Å². The van der Waals surface area contributed by atoms with Crippen molar-refractivity contribution in [3.63, 3.8) is 0 Å². The maximum atomic E-state index is 11.7. The number of rotatable bonds is 8. The van der Waals surface area contributed by atoms with E-state index in [1.807, 2.05) is 0 Å². The first-order chi connectivity index (χ1) is 17.4. The molecule has 0 N–H and O–H groups in total. The van der Waals surface area contributed by atoms with Crippen LogP contribution in [0.3, 0.4) is 0 Å². The second-order valence-electron chi connectivity index (χ2n) is 6.81. The molecule has 0 aliphatic rings. The van der Waals surface area contributed by atoms with Gasteiger partial charge in [0.15, 0.2) is 0 Å². The number of para-hydroxylation sites is 2. The molecule has 0 saturated heterocycles.